The molecular weight excluding hydrogens is 212 g/mol. The third-order valence-corrected chi connectivity index (χ3v) is 2.75. The van der Waals surface area contributed by atoms with Gasteiger partial charge in [0.05, 0.1) is 12.7 Å². The van der Waals surface area contributed by atoms with Crippen molar-refractivity contribution in [3.8, 4) is 0 Å². The fourth-order valence-electron chi connectivity index (χ4n) is 1.95. The molecule has 1 aliphatic heterocycles. The maximum absolute atomic E-state index is 13.4. The first-order valence-corrected chi connectivity index (χ1v) is 5.43. The van der Waals surface area contributed by atoms with Crippen LogP contribution in [0.5, 0.6) is 0 Å². The van der Waals surface area contributed by atoms with Gasteiger partial charge in [0.1, 0.15) is 0 Å². The molecule has 2 nitrogen and oxygen atoms in total. The van der Waals surface area contributed by atoms with E-state index < -0.39 is 11.6 Å². The minimum Gasteiger partial charge on any atom is -0.376 e. The lowest BCUT2D eigenvalue weighted by molar-refractivity contribution is -0.0215. The Morgan fingerprint density at radius 1 is 1.44 bits per heavy atom. The molecule has 0 aromatic heterocycles. The van der Waals surface area contributed by atoms with Crippen molar-refractivity contribution in [3.63, 3.8) is 0 Å². The summed E-state index contributed by atoms with van der Waals surface area (Å²) in [6.07, 6.45) is 0.158. The van der Waals surface area contributed by atoms with Crippen molar-refractivity contribution in [1.29, 1.82) is 0 Å². The molecular formula is C12H15F2NO. The second kappa shape index (κ2) is 4.89. The minimum absolute atomic E-state index is 0.158. The Labute approximate surface area is 93.8 Å². The highest BCUT2D eigenvalue weighted by atomic mass is 19.2. The molecule has 0 saturated carbocycles. The summed E-state index contributed by atoms with van der Waals surface area (Å²) < 4.78 is 31.8. The molecule has 1 atom stereocenters. The highest BCUT2D eigenvalue weighted by molar-refractivity contribution is 5.18. The van der Waals surface area contributed by atoms with Crippen LogP contribution in [0, 0.1) is 11.6 Å². The summed E-state index contributed by atoms with van der Waals surface area (Å²) >= 11 is 0. The number of rotatable bonds is 2. The molecule has 0 bridgehead atoms. The normalized spacial score (nSPS) is 22.3. The van der Waals surface area contributed by atoms with Crippen LogP contribution in [-0.4, -0.2) is 30.7 Å². The molecule has 1 unspecified atom stereocenters. The van der Waals surface area contributed by atoms with E-state index in [4.69, 9.17) is 4.74 Å². The van der Waals surface area contributed by atoms with Crippen molar-refractivity contribution in [1.82, 2.24) is 4.90 Å². The van der Waals surface area contributed by atoms with Crippen molar-refractivity contribution in [2.75, 3.05) is 19.7 Å². The van der Waals surface area contributed by atoms with Gasteiger partial charge in [-0.05, 0) is 13.0 Å². The monoisotopic (exact) mass is 227 g/mol. The molecule has 1 saturated heterocycles. The predicted octanol–water partition coefficient (Wildman–Crippen LogP) is 2.19. The van der Waals surface area contributed by atoms with E-state index >= 15 is 0 Å². The smallest absolute Gasteiger partial charge is 0.163 e. The summed E-state index contributed by atoms with van der Waals surface area (Å²) in [5, 5.41) is 0. The predicted molar refractivity (Wildman–Crippen MR) is 57.0 cm³/mol. The van der Waals surface area contributed by atoms with Gasteiger partial charge in [0.15, 0.2) is 11.6 Å². The van der Waals surface area contributed by atoms with Gasteiger partial charge in [-0.1, -0.05) is 12.1 Å². The largest absolute Gasteiger partial charge is 0.376 e. The summed E-state index contributed by atoms with van der Waals surface area (Å²) in [5.41, 5.74) is 0.411. The molecule has 0 N–H and O–H groups in total. The minimum atomic E-state index is -0.779. The molecule has 16 heavy (non-hydrogen) atoms. The zero-order valence-electron chi connectivity index (χ0n) is 9.25. The van der Waals surface area contributed by atoms with Crippen LogP contribution in [0.2, 0.25) is 0 Å². The zero-order valence-corrected chi connectivity index (χ0v) is 9.25. The number of hydrogen-bond donors (Lipinski definition) is 0. The molecule has 1 aromatic rings. The fourth-order valence-corrected chi connectivity index (χ4v) is 1.95. The Bertz CT molecular complexity index is 370. The zero-order chi connectivity index (χ0) is 11.5. The van der Waals surface area contributed by atoms with Crippen LogP contribution < -0.4 is 0 Å². The number of hydrogen-bond acceptors (Lipinski definition) is 2. The highest BCUT2D eigenvalue weighted by Gasteiger charge is 2.18. The average Bonchev–Trinajstić information content (AvgIpc) is 2.25. The first-order chi connectivity index (χ1) is 7.66. The van der Waals surface area contributed by atoms with Crippen LogP contribution in [0.4, 0.5) is 8.78 Å². The van der Waals surface area contributed by atoms with Gasteiger partial charge < -0.3 is 4.74 Å². The molecule has 2 rings (SSSR count). The van der Waals surface area contributed by atoms with Gasteiger partial charge in [-0.15, -0.1) is 0 Å². The Morgan fingerprint density at radius 2 is 2.25 bits per heavy atom. The van der Waals surface area contributed by atoms with Crippen molar-refractivity contribution in [2.45, 2.75) is 19.6 Å². The number of benzene rings is 1. The first-order valence-electron chi connectivity index (χ1n) is 5.43. The number of halogens is 2. The molecule has 0 radical (unpaired) electrons. The van der Waals surface area contributed by atoms with Crippen molar-refractivity contribution >= 4 is 0 Å². The second-order valence-corrected chi connectivity index (χ2v) is 4.13. The van der Waals surface area contributed by atoms with Gasteiger partial charge in [0.25, 0.3) is 0 Å². The third kappa shape index (κ3) is 2.57. The average molecular weight is 227 g/mol. The van der Waals surface area contributed by atoms with Gasteiger partial charge in [-0.25, -0.2) is 8.78 Å². The van der Waals surface area contributed by atoms with Crippen molar-refractivity contribution < 1.29 is 13.5 Å². The Morgan fingerprint density at radius 3 is 3.00 bits per heavy atom. The van der Waals surface area contributed by atoms with E-state index in [1.165, 1.54) is 6.07 Å². The third-order valence-electron chi connectivity index (χ3n) is 2.75. The topological polar surface area (TPSA) is 12.5 Å². The van der Waals surface area contributed by atoms with E-state index in [9.17, 15) is 8.78 Å². The van der Waals surface area contributed by atoms with Crippen molar-refractivity contribution in [3.05, 3.63) is 35.4 Å². The Kier molecular flexibility index (Phi) is 3.51. The van der Waals surface area contributed by atoms with Gasteiger partial charge in [-0.3, -0.25) is 4.90 Å². The van der Waals surface area contributed by atoms with Crippen LogP contribution in [0.1, 0.15) is 12.5 Å². The lowest BCUT2D eigenvalue weighted by Gasteiger charge is -2.31. The molecule has 4 heteroatoms. The lowest BCUT2D eigenvalue weighted by atomic mass is 10.1. The molecule has 88 valence electrons. The first kappa shape index (κ1) is 11.5. The summed E-state index contributed by atoms with van der Waals surface area (Å²) in [5.74, 6) is -1.51. The molecule has 1 aliphatic rings. The van der Waals surface area contributed by atoms with Crippen LogP contribution in [0.3, 0.4) is 0 Å². The van der Waals surface area contributed by atoms with Crippen LogP contribution in [-0.2, 0) is 11.3 Å². The van der Waals surface area contributed by atoms with Gasteiger partial charge in [0, 0.05) is 25.2 Å². The van der Waals surface area contributed by atoms with Crippen LogP contribution >= 0.6 is 0 Å². The summed E-state index contributed by atoms with van der Waals surface area (Å²) in [7, 11) is 0. The SMILES string of the molecule is CC1CN(Cc2cccc(F)c2F)CCO1. The lowest BCUT2D eigenvalue weighted by Crippen LogP contribution is -2.40. The molecule has 0 amide bonds. The number of morpholine rings is 1. The summed E-state index contributed by atoms with van der Waals surface area (Å²) in [6.45, 7) is 4.60. The van der Waals surface area contributed by atoms with Crippen LogP contribution in [0.15, 0.2) is 18.2 Å². The van der Waals surface area contributed by atoms with E-state index in [2.05, 4.69) is 4.90 Å². The Hall–Kier alpha value is -1.00. The highest BCUT2D eigenvalue weighted by Crippen LogP contribution is 2.15. The summed E-state index contributed by atoms with van der Waals surface area (Å²) in [6, 6.07) is 4.30. The second-order valence-electron chi connectivity index (χ2n) is 4.13. The summed E-state index contributed by atoms with van der Waals surface area (Å²) in [4.78, 5) is 2.08. The molecule has 1 fully saturated rings. The maximum Gasteiger partial charge on any atom is 0.163 e. The van der Waals surface area contributed by atoms with E-state index in [0.717, 1.165) is 19.2 Å². The van der Waals surface area contributed by atoms with Gasteiger partial charge in [-0.2, -0.15) is 0 Å². The van der Waals surface area contributed by atoms with Gasteiger partial charge in [0.2, 0.25) is 0 Å². The number of nitrogens with zero attached hydrogens (tertiary/aromatic N) is 1. The van der Waals surface area contributed by atoms with Crippen LogP contribution in [0.25, 0.3) is 0 Å². The van der Waals surface area contributed by atoms with E-state index in [1.807, 2.05) is 6.92 Å². The van der Waals surface area contributed by atoms with E-state index in [-0.39, 0.29) is 6.10 Å². The van der Waals surface area contributed by atoms with Crippen molar-refractivity contribution in [2.24, 2.45) is 0 Å². The quantitative estimate of drug-likeness (QED) is 0.768. The van der Waals surface area contributed by atoms with Gasteiger partial charge >= 0.3 is 0 Å². The molecule has 0 spiro atoms. The molecule has 0 aliphatic carbocycles. The van der Waals surface area contributed by atoms with E-state index in [1.54, 1.807) is 6.07 Å². The Balaban J connectivity index is 2.05. The molecule has 1 heterocycles. The van der Waals surface area contributed by atoms with E-state index in [0.29, 0.717) is 18.7 Å². The fraction of sp³-hybridized carbons (Fsp3) is 0.500. The standard InChI is InChI=1S/C12H15F2NO/c1-9-7-15(5-6-16-9)8-10-3-2-4-11(13)12(10)14/h2-4,9H,5-8H2,1H3. The maximum atomic E-state index is 13.4. The number of ether oxygens (including phenoxy) is 1. The molecule has 1 aromatic carbocycles.